The van der Waals surface area contributed by atoms with E-state index in [2.05, 4.69) is 0 Å². The first-order chi connectivity index (χ1) is 12.8. The molecule has 27 heavy (non-hydrogen) atoms. The average molecular weight is 381 g/mol. The number of ether oxygens (including phenoxy) is 1. The number of nitrogens with two attached hydrogens (primary N) is 2. The Labute approximate surface area is 164 Å². The van der Waals surface area contributed by atoms with E-state index in [0.29, 0.717) is 24.1 Å². The van der Waals surface area contributed by atoms with Crippen LogP contribution in [0.4, 0.5) is 0 Å². The zero-order chi connectivity index (χ0) is 19.1. The van der Waals surface area contributed by atoms with Crippen molar-refractivity contribution in [1.82, 2.24) is 0 Å². The lowest BCUT2D eigenvalue weighted by Crippen LogP contribution is -2.53. The van der Waals surface area contributed by atoms with Crippen molar-refractivity contribution in [3.63, 3.8) is 0 Å². The normalized spacial score (nSPS) is 48.4. The SMILES string of the molecule is CC1(C)COC2(CCC(C3(C4CCC(N)CC4)CCC(N)CC3)CC2)OO1. The van der Waals surface area contributed by atoms with Crippen LogP contribution in [-0.2, 0) is 14.5 Å². The number of hydrogen-bond acceptors (Lipinski definition) is 5. The van der Waals surface area contributed by atoms with Gasteiger partial charge in [-0.2, -0.15) is 0 Å². The average Bonchev–Trinajstić information content (AvgIpc) is 2.67. The molecule has 0 unspecified atom stereocenters. The Balaban J connectivity index is 1.44. The minimum atomic E-state index is -0.507. The van der Waals surface area contributed by atoms with Crippen LogP contribution < -0.4 is 11.5 Å². The Bertz CT molecular complexity index is 488. The van der Waals surface area contributed by atoms with Gasteiger partial charge < -0.3 is 16.2 Å². The first-order valence-corrected chi connectivity index (χ1v) is 11.3. The molecule has 0 aromatic heterocycles. The summed E-state index contributed by atoms with van der Waals surface area (Å²) in [5.41, 5.74) is 12.6. The quantitative estimate of drug-likeness (QED) is 0.707. The predicted octanol–water partition coefficient (Wildman–Crippen LogP) is 4.04. The summed E-state index contributed by atoms with van der Waals surface area (Å²) in [4.78, 5) is 11.5. The molecule has 4 fully saturated rings. The van der Waals surface area contributed by atoms with Gasteiger partial charge in [0, 0.05) is 24.9 Å². The van der Waals surface area contributed by atoms with Crippen molar-refractivity contribution in [3.8, 4) is 0 Å². The van der Waals surface area contributed by atoms with Crippen LogP contribution in [-0.4, -0.2) is 30.1 Å². The Morgan fingerprint density at radius 1 is 0.667 bits per heavy atom. The first-order valence-electron chi connectivity index (χ1n) is 11.3. The van der Waals surface area contributed by atoms with Gasteiger partial charge in [-0.05, 0) is 95.3 Å². The van der Waals surface area contributed by atoms with Gasteiger partial charge in [0.2, 0.25) is 5.79 Å². The van der Waals surface area contributed by atoms with Crippen molar-refractivity contribution in [2.45, 2.75) is 114 Å². The van der Waals surface area contributed by atoms with Crippen molar-refractivity contribution >= 4 is 0 Å². The third-order valence-electron chi connectivity index (χ3n) is 8.21. The smallest absolute Gasteiger partial charge is 0.201 e. The second kappa shape index (κ2) is 7.56. The Morgan fingerprint density at radius 3 is 1.78 bits per heavy atom. The summed E-state index contributed by atoms with van der Waals surface area (Å²) in [6.07, 6.45) is 14.3. The van der Waals surface area contributed by atoms with Crippen LogP contribution in [0.25, 0.3) is 0 Å². The van der Waals surface area contributed by atoms with Crippen LogP contribution in [0, 0.1) is 17.3 Å². The van der Waals surface area contributed by atoms with Crippen LogP contribution in [0.2, 0.25) is 0 Å². The molecule has 5 nitrogen and oxygen atoms in total. The molecule has 0 amide bonds. The van der Waals surface area contributed by atoms with E-state index in [9.17, 15) is 0 Å². The van der Waals surface area contributed by atoms with Crippen molar-refractivity contribution < 1.29 is 14.5 Å². The van der Waals surface area contributed by atoms with Gasteiger partial charge in [-0.25, -0.2) is 9.78 Å². The van der Waals surface area contributed by atoms with Gasteiger partial charge in [0.15, 0.2) is 0 Å². The van der Waals surface area contributed by atoms with E-state index in [1.165, 1.54) is 64.2 Å². The maximum absolute atomic E-state index is 6.30. The predicted molar refractivity (Wildman–Crippen MR) is 106 cm³/mol. The molecule has 4 aliphatic rings. The molecule has 4 rings (SSSR count). The molecule has 0 radical (unpaired) electrons. The molecule has 4 N–H and O–H groups in total. The summed E-state index contributed by atoms with van der Waals surface area (Å²) < 4.78 is 6.18. The van der Waals surface area contributed by atoms with Gasteiger partial charge in [-0.3, -0.25) is 0 Å². The number of hydrogen-bond donors (Lipinski definition) is 2. The van der Waals surface area contributed by atoms with Gasteiger partial charge in [-0.15, -0.1) is 0 Å². The van der Waals surface area contributed by atoms with E-state index in [0.717, 1.165) is 24.7 Å². The lowest BCUT2D eigenvalue weighted by Gasteiger charge is -2.55. The fraction of sp³-hybridized carbons (Fsp3) is 1.00. The summed E-state index contributed by atoms with van der Waals surface area (Å²) in [6.45, 7) is 4.64. The van der Waals surface area contributed by atoms with E-state index in [1.54, 1.807) is 0 Å². The molecule has 1 spiro atoms. The van der Waals surface area contributed by atoms with Crippen molar-refractivity contribution in [3.05, 3.63) is 0 Å². The Kier molecular flexibility index (Phi) is 5.63. The summed E-state index contributed by atoms with van der Waals surface area (Å²) in [6, 6.07) is 0.822. The highest BCUT2D eigenvalue weighted by Crippen LogP contribution is 2.57. The Morgan fingerprint density at radius 2 is 1.22 bits per heavy atom. The van der Waals surface area contributed by atoms with E-state index >= 15 is 0 Å². The third-order valence-corrected chi connectivity index (χ3v) is 8.21. The van der Waals surface area contributed by atoms with E-state index in [1.807, 2.05) is 13.8 Å². The maximum atomic E-state index is 6.30. The largest absolute Gasteiger partial charge is 0.344 e. The second-order valence-electron chi connectivity index (χ2n) is 10.6. The van der Waals surface area contributed by atoms with Gasteiger partial charge in [0.1, 0.15) is 5.60 Å². The summed E-state index contributed by atoms with van der Waals surface area (Å²) >= 11 is 0. The van der Waals surface area contributed by atoms with Crippen LogP contribution in [0.3, 0.4) is 0 Å². The first kappa shape index (κ1) is 20.1. The van der Waals surface area contributed by atoms with E-state index in [4.69, 9.17) is 26.0 Å². The fourth-order valence-corrected chi connectivity index (χ4v) is 6.42. The second-order valence-corrected chi connectivity index (χ2v) is 10.6. The molecule has 0 aromatic carbocycles. The van der Waals surface area contributed by atoms with Crippen molar-refractivity contribution in [2.75, 3.05) is 6.61 Å². The van der Waals surface area contributed by atoms with Gasteiger partial charge in [-0.1, -0.05) is 0 Å². The summed E-state index contributed by atoms with van der Waals surface area (Å²) in [7, 11) is 0. The molecule has 1 saturated heterocycles. The third kappa shape index (κ3) is 4.09. The molecule has 1 aliphatic heterocycles. The van der Waals surface area contributed by atoms with E-state index in [-0.39, 0.29) is 5.60 Å². The minimum absolute atomic E-state index is 0.344. The highest BCUT2D eigenvalue weighted by Gasteiger charge is 2.52. The monoisotopic (exact) mass is 380 g/mol. The molecule has 3 saturated carbocycles. The highest BCUT2D eigenvalue weighted by atomic mass is 17.2. The maximum Gasteiger partial charge on any atom is 0.201 e. The van der Waals surface area contributed by atoms with Crippen LogP contribution >= 0.6 is 0 Å². The van der Waals surface area contributed by atoms with E-state index < -0.39 is 5.79 Å². The topological polar surface area (TPSA) is 79.7 Å². The summed E-state index contributed by atoms with van der Waals surface area (Å²) in [5.74, 6) is 1.08. The molecule has 0 atom stereocenters. The number of rotatable bonds is 2. The zero-order valence-electron chi connectivity index (χ0n) is 17.4. The van der Waals surface area contributed by atoms with Crippen LogP contribution in [0.15, 0.2) is 0 Å². The molecule has 0 aromatic rings. The van der Waals surface area contributed by atoms with Crippen LogP contribution in [0.1, 0.15) is 90.9 Å². The molecule has 0 bridgehead atoms. The van der Waals surface area contributed by atoms with Crippen LogP contribution in [0.5, 0.6) is 0 Å². The van der Waals surface area contributed by atoms with Gasteiger partial charge in [0.05, 0.1) is 6.61 Å². The standard InChI is InChI=1S/C22H40N2O3/c1-20(2)15-25-22(27-26-20)13-7-17(8-14-22)21(11-9-19(24)10-12-21)16-3-5-18(23)6-4-16/h16-19H,3-15,23-24H2,1-2H3. The Hall–Kier alpha value is -0.200. The van der Waals surface area contributed by atoms with Gasteiger partial charge in [0.25, 0.3) is 0 Å². The zero-order valence-corrected chi connectivity index (χ0v) is 17.4. The van der Waals surface area contributed by atoms with Gasteiger partial charge >= 0.3 is 0 Å². The lowest BCUT2D eigenvalue weighted by atomic mass is 9.52. The highest BCUT2D eigenvalue weighted by molar-refractivity contribution is 5.00. The molecule has 1 heterocycles. The molecule has 156 valence electrons. The van der Waals surface area contributed by atoms with Crippen molar-refractivity contribution in [2.24, 2.45) is 28.7 Å². The molecule has 3 aliphatic carbocycles. The summed E-state index contributed by atoms with van der Waals surface area (Å²) in [5, 5.41) is 0. The molecular weight excluding hydrogens is 340 g/mol. The molecule has 5 heteroatoms. The fourth-order valence-electron chi connectivity index (χ4n) is 6.42. The van der Waals surface area contributed by atoms with Crippen molar-refractivity contribution in [1.29, 1.82) is 0 Å². The minimum Gasteiger partial charge on any atom is -0.344 e. The lowest BCUT2D eigenvalue weighted by molar-refractivity contribution is -0.512. The molecular formula is C22H40N2O3.